The van der Waals surface area contributed by atoms with E-state index in [1.54, 1.807) is 19.1 Å². The topological polar surface area (TPSA) is 89.0 Å². The zero-order valence-corrected chi connectivity index (χ0v) is 22.5. The number of carbonyl (C=O) groups is 2. The van der Waals surface area contributed by atoms with Gasteiger partial charge >= 0.3 is 0 Å². The summed E-state index contributed by atoms with van der Waals surface area (Å²) in [6.45, 7) is 7.87. The van der Waals surface area contributed by atoms with Crippen molar-refractivity contribution in [3.8, 4) is 11.5 Å². The maximum atomic E-state index is 12.8. The lowest BCUT2D eigenvalue weighted by molar-refractivity contribution is -0.132. The second-order valence-corrected chi connectivity index (χ2v) is 9.63. The van der Waals surface area contributed by atoms with Crippen LogP contribution in [0, 0.1) is 5.92 Å². The van der Waals surface area contributed by atoms with Gasteiger partial charge in [-0.15, -0.1) is 0 Å². The summed E-state index contributed by atoms with van der Waals surface area (Å²) in [7, 11) is 0. The van der Waals surface area contributed by atoms with Crippen molar-refractivity contribution >= 4 is 57.2 Å². The van der Waals surface area contributed by atoms with Crippen molar-refractivity contribution in [2.75, 3.05) is 6.61 Å². The van der Waals surface area contributed by atoms with Crippen molar-refractivity contribution in [3.05, 3.63) is 56.5 Å². The van der Waals surface area contributed by atoms with Gasteiger partial charge in [-0.3, -0.25) is 9.59 Å². The van der Waals surface area contributed by atoms with Gasteiger partial charge < -0.3 is 14.8 Å². The van der Waals surface area contributed by atoms with Crippen molar-refractivity contribution in [2.45, 2.75) is 46.3 Å². The van der Waals surface area contributed by atoms with Crippen LogP contribution in [-0.2, 0) is 9.59 Å². The zero-order chi connectivity index (χ0) is 25.3. The highest BCUT2D eigenvalue weighted by molar-refractivity contribution is 9.10. The first kappa shape index (κ1) is 28.0. The molecule has 2 amide bonds. The lowest BCUT2D eigenvalue weighted by Crippen LogP contribution is -2.49. The van der Waals surface area contributed by atoms with E-state index < -0.39 is 24.0 Å². The van der Waals surface area contributed by atoms with E-state index in [0.29, 0.717) is 35.1 Å². The van der Waals surface area contributed by atoms with Crippen molar-refractivity contribution in [1.82, 2.24) is 10.7 Å². The standard InChI is InChI=1S/C24H28BrCl2N3O4/c1-5-33-21-8-6-17(25)11-16(21)13-28-30-24(32)20(10-14(2)3)29-23(31)15(4)34-22-9-7-18(26)12-19(22)27/h6-9,11-15,20H,5,10H2,1-4H3,(H,29,31)(H,30,32)/b28-13-/t15-,20+/m0/s1. The molecule has 2 atom stereocenters. The quantitative estimate of drug-likeness (QED) is 0.271. The van der Waals surface area contributed by atoms with Gasteiger partial charge in [0, 0.05) is 15.1 Å². The van der Waals surface area contributed by atoms with E-state index in [1.165, 1.54) is 12.3 Å². The van der Waals surface area contributed by atoms with E-state index in [4.69, 9.17) is 32.7 Å². The Kier molecular flexibility index (Phi) is 11.1. The molecule has 0 aliphatic rings. The van der Waals surface area contributed by atoms with Crippen LogP contribution in [0.4, 0.5) is 0 Å². The van der Waals surface area contributed by atoms with E-state index in [-0.39, 0.29) is 10.9 Å². The molecule has 0 spiro atoms. The van der Waals surface area contributed by atoms with E-state index >= 15 is 0 Å². The molecule has 2 rings (SSSR count). The smallest absolute Gasteiger partial charge is 0.262 e. The van der Waals surface area contributed by atoms with E-state index in [1.807, 2.05) is 39.0 Å². The van der Waals surface area contributed by atoms with Gasteiger partial charge in [-0.2, -0.15) is 5.10 Å². The number of nitrogens with zero attached hydrogens (tertiary/aromatic N) is 1. The molecular weight excluding hydrogens is 545 g/mol. The average molecular weight is 573 g/mol. The van der Waals surface area contributed by atoms with E-state index in [9.17, 15) is 9.59 Å². The molecule has 0 bridgehead atoms. The van der Waals surface area contributed by atoms with Gasteiger partial charge in [-0.1, -0.05) is 53.0 Å². The summed E-state index contributed by atoms with van der Waals surface area (Å²) in [6, 6.07) is 9.42. The van der Waals surface area contributed by atoms with E-state index in [2.05, 4.69) is 31.8 Å². The minimum Gasteiger partial charge on any atom is -0.493 e. The Labute approximate surface area is 218 Å². The summed E-state index contributed by atoms with van der Waals surface area (Å²) >= 11 is 15.4. The molecule has 0 aromatic heterocycles. The Balaban J connectivity index is 2.05. The predicted octanol–water partition coefficient (Wildman–Crippen LogP) is 5.60. The Hall–Kier alpha value is -2.29. The summed E-state index contributed by atoms with van der Waals surface area (Å²) in [6.07, 6.45) is 1.03. The van der Waals surface area contributed by atoms with Gasteiger partial charge in [0.15, 0.2) is 6.10 Å². The molecule has 0 saturated carbocycles. The van der Waals surface area contributed by atoms with E-state index in [0.717, 1.165) is 4.47 Å². The number of benzene rings is 2. The first-order valence-corrected chi connectivity index (χ1v) is 12.3. The minimum atomic E-state index is -0.889. The van der Waals surface area contributed by atoms with Crippen LogP contribution in [0.3, 0.4) is 0 Å². The second kappa shape index (κ2) is 13.6. The van der Waals surface area contributed by atoms with Crippen LogP contribution in [0.1, 0.15) is 39.7 Å². The fourth-order valence-corrected chi connectivity index (χ4v) is 3.79. The normalized spacial score (nSPS) is 12.9. The van der Waals surface area contributed by atoms with Crippen LogP contribution in [0.5, 0.6) is 11.5 Å². The third-order valence-electron chi connectivity index (χ3n) is 4.56. The van der Waals surface area contributed by atoms with Crippen molar-refractivity contribution in [2.24, 2.45) is 11.0 Å². The molecule has 0 radical (unpaired) electrons. The van der Waals surface area contributed by atoms with Crippen LogP contribution in [0.25, 0.3) is 0 Å². The maximum absolute atomic E-state index is 12.8. The molecular formula is C24H28BrCl2N3O4. The highest BCUT2D eigenvalue weighted by Gasteiger charge is 2.25. The molecule has 0 fully saturated rings. The summed E-state index contributed by atoms with van der Waals surface area (Å²) in [5.41, 5.74) is 3.20. The Morgan fingerprint density at radius 2 is 1.79 bits per heavy atom. The average Bonchev–Trinajstić information content (AvgIpc) is 2.76. The molecule has 34 heavy (non-hydrogen) atoms. The number of nitrogens with one attached hydrogen (secondary N) is 2. The first-order chi connectivity index (χ1) is 16.1. The maximum Gasteiger partial charge on any atom is 0.262 e. The first-order valence-electron chi connectivity index (χ1n) is 10.8. The van der Waals surface area contributed by atoms with Crippen molar-refractivity contribution in [1.29, 1.82) is 0 Å². The number of ether oxygens (including phenoxy) is 2. The molecule has 2 aromatic carbocycles. The molecule has 0 aliphatic heterocycles. The fourth-order valence-electron chi connectivity index (χ4n) is 2.96. The minimum absolute atomic E-state index is 0.150. The Morgan fingerprint density at radius 3 is 2.44 bits per heavy atom. The van der Waals surface area contributed by atoms with Gasteiger partial charge in [-0.05, 0) is 62.6 Å². The van der Waals surface area contributed by atoms with Gasteiger partial charge in [0.05, 0.1) is 17.8 Å². The van der Waals surface area contributed by atoms with Crippen LogP contribution in [0.2, 0.25) is 10.0 Å². The molecule has 0 aliphatic carbocycles. The summed E-state index contributed by atoms with van der Waals surface area (Å²) in [5, 5.41) is 7.54. The molecule has 10 heteroatoms. The number of amides is 2. The monoisotopic (exact) mass is 571 g/mol. The molecule has 0 heterocycles. The summed E-state index contributed by atoms with van der Waals surface area (Å²) < 4.78 is 12.1. The molecule has 2 aromatic rings. The fraction of sp³-hybridized carbons (Fsp3) is 0.375. The van der Waals surface area contributed by atoms with Gasteiger partial charge in [0.1, 0.15) is 17.5 Å². The number of hydrogen-bond donors (Lipinski definition) is 2. The Bertz CT molecular complexity index is 1030. The number of carbonyl (C=O) groups excluding carboxylic acids is 2. The molecule has 0 saturated heterocycles. The largest absolute Gasteiger partial charge is 0.493 e. The zero-order valence-electron chi connectivity index (χ0n) is 19.4. The molecule has 0 unspecified atom stereocenters. The number of halogens is 3. The highest BCUT2D eigenvalue weighted by atomic mass is 79.9. The summed E-state index contributed by atoms with van der Waals surface area (Å²) in [5.74, 6) is 0.214. The van der Waals surface area contributed by atoms with Gasteiger partial charge in [0.25, 0.3) is 11.8 Å². The van der Waals surface area contributed by atoms with Crippen LogP contribution in [-0.4, -0.2) is 36.8 Å². The Morgan fingerprint density at radius 1 is 1.09 bits per heavy atom. The van der Waals surface area contributed by atoms with Crippen LogP contribution < -0.4 is 20.2 Å². The second-order valence-electron chi connectivity index (χ2n) is 7.87. The lowest BCUT2D eigenvalue weighted by atomic mass is 10.0. The number of hydrogen-bond acceptors (Lipinski definition) is 5. The third-order valence-corrected chi connectivity index (χ3v) is 5.58. The SMILES string of the molecule is CCOc1ccc(Br)cc1/C=N\NC(=O)[C@@H](CC(C)C)NC(=O)[C@H](C)Oc1ccc(Cl)cc1Cl. The van der Waals surface area contributed by atoms with Gasteiger partial charge in [-0.25, -0.2) is 5.43 Å². The van der Waals surface area contributed by atoms with Crippen molar-refractivity contribution in [3.63, 3.8) is 0 Å². The predicted molar refractivity (Wildman–Crippen MR) is 139 cm³/mol. The molecule has 184 valence electrons. The summed E-state index contributed by atoms with van der Waals surface area (Å²) in [4.78, 5) is 25.5. The number of rotatable bonds is 11. The molecule has 7 nitrogen and oxygen atoms in total. The van der Waals surface area contributed by atoms with Crippen LogP contribution in [0.15, 0.2) is 46.0 Å². The number of hydrazone groups is 1. The lowest BCUT2D eigenvalue weighted by Gasteiger charge is -2.22. The van der Waals surface area contributed by atoms with Crippen molar-refractivity contribution < 1.29 is 19.1 Å². The molecule has 2 N–H and O–H groups in total. The third kappa shape index (κ3) is 8.81. The van der Waals surface area contributed by atoms with Gasteiger partial charge in [0.2, 0.25) is 0 Å². The van der Waals surface area contributed by atoms with Crippen LogP contribution >= 0.6 is 39.1 Å². The highest BCUT2D eigenvalue weighted by Crippen LogP contribution is 2.28.